The minimum Gasteiger partial charge on any atom is -0.444 e. The van der Waals surface area contributed by atoms with Gasteiger partial charge in [0.2, 0.25) is 0 Å². The summed E-state index contributed by atoms with van der Waals surface area (Å²) < 4.78 is 5.16. The summed E-state index contributed by atoms with van der Waals surface area (Å²) in [4.78, 5) is 11.5. The van der Waals surface area contributed by atoms with Crippen LogP contribution in [0.2, 0.25) is 0 Å². The summed E-state index contributed by atoms with van der Waals surface area (Å²) >= 11 is 0. The van der Waals surface area contributed by atoms with E-state index in [4.69, 9.17) is 4.74 Å². The Labute approximate surface area is 92.9 Å². The number of carbonyl (C=O) groups is 1. The van der Waals surface area contributed by atoms with Crippen LogP contribution in [0.5, 0.6) is 0 Å². The molecule has 87 valence electrons. The van der Waals surface area contributed by atoms with Gasteiger partial charge in [-0.2, -0.15) is 0 Å². The molecule has 1 radical (unpaired) electrons. The van der Waals surface area contributed by atoms with E-state index < -0.39 is 5.60 Å². The second-order valence-corrected chi connectivity index (χ2v) is 4.84. The summed E-state index contributed by atoms with van der Waals surface area (Å²) in [6, 6.07) is -0.0302. The van der Waals surface area contributed by atoms with Crippen molar-refractivity contribution in [3.05, 3.63) is 19.1 Å². The fourth-order valence-corrected chi connectivity index (χ4v) is 1.03. The number of rotatable bonds is 4. The monoisotopic (exact) mass is 212 g/mol. The first-order chi connectivity index (χ1) is 6.76. The lowest BCUT2D eigenvalue weighted by Gasteiger charge is -2.24. The van der Waals surface area contributed by atoms with E-state index in [1.807, 2.05) is 41.0 Å². The summed E-state index contributed by atoms with van der Waals surface area (Å²) in [6.45, 7) is 13.2. The molecule has 1 unspecified atom stereocenters. The van der Waals surface area contributed by atoms with E-state index in [0.717, 1.165) is 0 Å². The molecule has 1 N–H and O–H groups in total. The molecule has 0 fully saturated rings. The SMILES string of the molecule is C=C[CH]C(NC(=O)OC(C)(C)C)C(C)C. The Balaban J connectivity index is 4.17. The third-order valence-corrected chi connectivity index (χ3v) is 1.75. The lowest BCUT2D eigenvalue weighted by atomic mass is 10.0. The Morgan fingerprint density at radius 1 is 1.40 bits per heavy atom. The topological polar surface area (TPSA) is 38.3 Å². The number of hydrogen-bond donors (Lipinski definition) is 1. The van der Waals surface area contributed by atoms with Gasteiger partial charge in [-0.3, -0.25) is 0 Å². The zero-order valence-electron chi connectivity index (χ0n) is 10.3. The van der Waals surface area contributed by atoms with Crippen molar-refractivity contribution < 1.29 is 9.53 Å². The Morgan fingerprint density at radius 2 is 1.93 bits per heavy atom. The van der Waals surface area contributed by atoms with E-state index >= 15 is 0 Å². The Bertz CT molecular complexity index is 216. The van der Waals surface area contributed by atoms with Crippen LogP contribution in [0.1, 0.15) is 34.6 Å². The van der Waals surface area contributed by atoms with Gasteiger partial charge in [-0.1, -0.05) is 19.9 Å². The van der Waals surface area contributed by atoms with Crippen LogP contribution >= 0.6 is 0 Å². The van der Waals surface area contributed by atoms with Gasteiger partial charge in [0.05, 0.1) is 0 Å². The van der Waals surface area contributed by atoms with Crippen LogP contribution in [0.25, 0.3) is 0 Å². The minimum atomic E-state index is -0.459. The molecule has 1 amide bonds. The molecule has 1 atom stereocenters. The van der Waals surface area contributed by atoms with Crippen molar-refractivity contribution in [1.82, 2.24) is 5.32 Å². The van der Waals surface area contributed by atoms with Gasteiger partial charge >= 0.3 is 6.09 Å². The number of hydrogen-bond acceptors (Lipinski definition) is 2. The van der Waals surface area contributed by atoms with Gasteiger partial charge in [0.15, 0.2) is 0 Å². The normalized spacial score (nSPS) is 13.5. The van der Waals surface area contributed by atoms with Crippen LogP contribution in [0.15, 0.2) is 12.7 Å². The zero-order valence-corrected chi connectivity index (χ0v) is 10.3. The highest BCUT2D eigenvalue weighted by Gasteiger charge is 2.20. The van der Waals surface area contributed by atoms with E-state index in [0.29, 0.717) is 5.92 Å². The van der Waals surface area contributed by atoms with Crippen molar-refractivity contribution in [3.63, 3.8) is 0 Å². The molecule has 0 saturated carbocycles. The van der Waals surface area contributed by atoms with E-state index in [2.05, 4.69) is 11.9 Å². The minimum absolute atomic E-state index is 0.0302. The Morgan fingerprint density at radius 3 is 2.27 bits per heavy atom. The molecule has 0 aliphatic heterocycles. The van der Waals surface area contributed by atoms with E-state index in [9.17, 15) is 4.79 Å². The molecule has 0 aromatic carbocycles. The quantitative estimate of drug-likeness (QED) is 0.778. The van der Waals surface area contributed by atoms with Crippen molar-refractivity contribution in [1.29, 1.82) is 0 Å². The molecule has 0 heterocycles. The molecule has 0 aliphatic carbocycles. The molecule has 0 bridgehead atoms. The molecule has 0 aromatic rings. The van der Waals surface area contributed by atoms with Gasteiger partial charge in [-0.05, 0) is 26.7 Å². The van der Waals surface area contributed by atoms with Crippen LogP contribution in [0.3, 0.4) is 0 Å². The number of alkyl carbamates (subject to hydrolysis) is 1. The van der Waals surface area contributed by atoms with Gasteiger partial charge in [0.25, 0.3) is 0 Å². The average molecular weight is 212 g/mol. The third kappa shape index (κ3) is 7.00. The summed E-state index contributed by atoms with van der Waals surface area (Å²) in [5.41, 5.74) is -0.459. The van der Waals surface area contributed by atoms with E-state index in [1.54, 1.807) is 6.08 Å². The maximum atomic E-state index is 11.5. The largest absolute Gasteiger partial charge is 0.444 e. The van der Waals surface area contributed by atoms with Gasteiger partial charge < -0.3 is 10.1 Å². The van der Waals surface area contributed by atoms with Gasteiger partial charge in [0, 0.05) is 12.5 Å². The first kappa shape index (κ1) is 14.0. The Kier molecular flexibility index (Phi) is 5.40. The zero-order chi connectivity index (χ0) is 12.1. The second kappa shape index (κ2) is 5.79. The maximum absolute atomic E-state index is 11.5. The van der Waals surface area contributed by atoms with Gasteiger partial charge in [-0.25, -0.2) is 4.79 Å². The Hall–Kier alpha value is -0.990. The number of nitrogens with one attached hydrogen (secondary N) is 1. The first-order valence-electron chi connectivity index (χ1n) is 5.21. The van der Waals surface area contributed by atoms with Crippen LogP contribution in [0, 0.1) is 12.3 Å². The second-order valence-electron chi connectivity index (χ2n) is 4.84. The molecule has 0 aliphatic rings. The molecule has 0 saturated heterocycles. The summed E-state index contributed by atoms with van der Waals surface area (Å²) in [5.74, 6) is 0.315. The average Bonchev–Trinajstić information content (AvgIpc) is 1.99. The maximum Gasteiger partial charge on any atom is 0.407 e. The lowest BCUT2D eigenvalue weighted by molar-refractivity contribution is 0.0501. The van der Waals surface area contributed by atoms with Crippen LogP contribution in [0.4, 0.5) is 4.79 Å². The molecule has 0 aromatic heterocycles. The van der Waals surface area contributed by atoms with Crippen molar-refractivity contribution >= 4 is 6.09 Å². The van der Waals surface area contributed by atoms with Crippen LogP contribution < -0.4 is 5.32 Å². The summed E-state index contributed by atoms with van der Waals surface area (Å²) in [6.07, 6.45) is 3.15. The smallest absolute Gasteiger partial charge is 0.407 e. The van der Waals surface area contributed by atoms with Crippen LogP contribution in [-0.2, 0) is 4.74 Å². The highest BCUT2D eigenvalue weighted by atomic mass is 16.6. The highest BCUT2D eigenvalue weighted by molar-refractivity contribution is 5.68. The van der Waals surface area contributed by atoms with Crippen LogP contribution in [-0.4, -0.2) is 17.7 Å². The predicted octanol–water partition coefficient (Wildman–Crippen LogP) is 2.93. The van der Waals surface area contributed by atoms with Crippen molar-refractivity contribution in [2.75, 3.05) is 0 Å². The van der Waals surface area contributed by atoms with Crippen molar-refractivity contribution in [2.45, 2.75) is 46.3 Å². The summed E-state index contributed by atoms with van der Waals surface area (Å²) in [7, 11) is 0. The standard InChI is InChI=1S/C12H22NO2/c1-7-8-10(9(2)3)13-11(14)15-12(4,5)6/h7-10H,1H2,2-6H3,(H,13,14). The first-order valence-corrected chi connectivity index (χ1v) is 5.21. The molecule has 0 spiro atoms. The van der Waals surface area contributed by atoms with Crippen molar-refractivity contribution in [3.8, 4) is 0 Å². The number of carbonyl (C=O) groups excluding carboxylic acids is 1. The molecular formula is C12H22NO2. The van der Waals surface area contributed by atoms with E-state index in [1.165, 1.54) is 0 Å². The van der Waals surface area contributed by atoms with Gasteiger partial charge in [0.1, 0.15) is 5.60 Å². The van der Waals surface area contributed by atoms with E-state index in [-0.39, 0.29) is 12.1 Å². The molecule has 3 heteroatoms. The highest BCUT2D eigenvalue weighted by Crippen LogP contribution is 2.10. The fourth-order valence-electron chi connectivity index (χ4n) is 1.03. The predicted molar refractivity (Wildman–Crippen MR) is 62.5 cm³/mol. The molecule has 0 rings (SSSR count). The number of ether oxygens (including phenoxy) is 1. The third-order valence-electron chi connectivity index (χ3n) is 1.75. The molecular weight excluding hydrogens is 190 g/mol. The lowest BCUT2D eigenvalue weighted by Crippen LogP contribution is -2.41. The molecule has 3 nitrogen and oxygen atoms in total. The molecule has 15 heavy (non-hydrogen) atoms. The van der Waals surface area contributed by atoms with Crippen molar-refractivity contribution in [2.24, 2.45) is 5.92 Å². The summed E-state index contributed by atoms with van der Waals surface area (Å²) in [5, 5.41) is 2.79. The number of amides is 1. The fraction of sp³-hybridized carbons (Fsp3) is 0.667. The van der Waals surface area contributed by atoms with Gasteiger partial charge in [-0.15, -0.1) is 6.58 Å².